The molecule has 0 bridgehead atoms. The van der Waals surface area contributed by atoms with Crippen LogP contribution in [0, 0.1) is 0 Å². The van der Waals surface area contributed by atoms with Crippen molar-refractivity contribution in [2.24, 2.45) is 0 Å². The molecule has 0 unspecified atom stereocenters. The normalized spacial score (nSPS) is 7.00. The van der Waals surface area contributed by atoms with Gasteiger partial charge in [-0.2, -0.15) is 0 Å². The van der Waals surface area contributed by atoms with Crippen LogP contribution in [-0.2, 0) is 11.3 Å². The minimum atomic E-state index is 0.245. The Bertz CT molecular complexity index is 251. The molecule has 0 amide bonds. The van der Waals surface area contributed by atoms with Crippen LogP contribution in [0.5, 0.6) is 0 Å². The first-order chi connectivity index (χ1) is 5.31. The van der Waals surface area contributed by atoms with Crippen LogP contribution in [-0.4, -0.2) is 9.23 Å². The molecule has 0 fully saturated rings. The van der Waals surface area contributed by atoms with Crippen molar-refractivity contribution in [1.29, 1.82) is 0 Å². The second-order valence-electron chi connectivity index (χ2n) is 1.52. The van der Waals surface area contributed by atoms with Gasteiger partial charge in [0.15, 0.2) is 0 Å². The molecule has 1 rings (SSSR count). The molecule has 1 aromatic carbocycles. The van der Waals surface area contributed by atoms with Crippen LogP contribution in [0.15, 0.2) is 41.4 Å². The Morgan fingerprint density at radius 1 is 1.36 bits per heavy atom. The van der Waals surface area contributed by atoms with E-state index in [1.165, 1.54) is 0 Å². The quantitative estimate of drug-likeness (QED) is 0.626. The van der Waals surface area contributed by atoms with Crippen molar-refractivity contribution in [2.75, 3.05) is 0 Å². The third kappa shape index (κ3) is 7.26. The second kappa shape index (κ2) is 7.48. The molecule has 1 aromatic rings. The molecule has 0 aliphatic rings. The zero-order valence-corrected chi connectivity index (χ0v) is 8.19. The van der Waals surface area contributed by atoms with Crippen LogP contribution < -0.4 is 0 Å². The maximum atomic E-state index is 9.04. The van der Waals surface area contributed by atoms with Gasteiger partial charge in [-0.25, -0.2) is 4.21 Å². The molecule has 3 heteroatoms. The third-order valence-electron chi connectivity index (χ3n) is 0.792. The van der Waals surface area contributed by atoms with Crippen LogP contribution in [0.25, 0.3) is 0 Å². The molecule has 0 aliphatic carbocycles. The molecule has 0 saturated carbocycles. The number of benzene rings is 1. The first kappa shape index (κ1) is 10.4. The summed E-state index contributed by atoms with van der Waals surface area (Å²) in [6.07, 6.45) is 0. The largest absolute Gasteiger partial charge is 0.203 e. The van der Waals surface area contributed by atoms with E-state index >= 15 is 0 Å². The zero-order chi connectivity index (χ0) is 8.53. The van der Waals surface area contributed by atoms with E-state index in [2.05, 4.69) is 22.5 Å². The van der Waals surface area contributed by atoms with Crippen LogP contribution in [0.2, 0.25) is 0 Å². The molecular formula is C8H7BrOS. The fourth-order valence-electron chi connectivity index (χ4n) is 0.415. The van der Waals surface area contributed by atoms with E-state index in [0.29, 0.717) is 0 Å². The van der Waals surface area contributed by atoms with E-state index in [9.17, 15) is 0 Å². The molecule has 0 aliphatic heterocycles. The first-order valence-electron chi connectivity index (χ1n) is 2.82. The van der Waals surface area contributed by atoms with Gasteiger partial charge >= 0.3 is 0 Å². The smallest absolute Gasteiger partial charge is 0.141 e. The standard InChI is InChI=1S/C6H5Br.C2H2OS/c7-6-4-2-1-3-5-6;1-2-4-3/h1-5H;1H2. The van der Waals surface area contributed by atoms with Crippen LogP contribution in [0.4, 0.5) is 0 Å². The highest BCUT2D eigenvalue weighted by molar-refractivity contribution is 9.10. The van der Waals surface area contributed by atoms with Crippen molar-refractivity contribution in [2.45, 2.75) is 0 Å². The van der Waals surface area contributed by atoms with Crippen molar-refractivity contribution in [1.82, 2.24) is 0 Å². The number of rotatable bonds is 0. The molecule has 1 nitrogen and oxygen atoms in total. The molecule has 58 valence electrons. The van der Waals surface area contributed by atoms with E-state index in [1.807, 2.05) is 35.4 Å². The summed E-state index contributed by atoms with van der Waals surface area (Å²) in [6.45, 7) is 3.00. The van der Waals surface area contributed by atoms with Crippen LogP contribution >= 0.6 is 15.9 Å². The minimum absolute atomic E-state index is 0.245. The SMILES string of the molecule is Brc1ccccc1.C=C=S=O. The summed E-state index contributed by atoms with van der Waals surface area (Å²) in [7, 11) is 0. The lowest BCUT2D eigenvalue weighted by Gasteiger charge is -1.80. The van der Waals surface area contributed by atoms with Crippen molar-refractivity contribution < 1.29 is 4.21 Å². The Hall–Kier alpha value is -0.630. The Kier molecular flexibility index (Phi) is 7.05. The van der Waals surface area contributed by atoms with Crippen molar-refractivity contribution >= 4 is 32.2 Å². The van der Waals surface area contributed by atoms with Gasteiger partial charge in [0, 0.05) is 4.47 Å². The van der Waals surface area contributed by atoms with E-state index in [4.69, 9.17) is 4.21 Å². The van der Waals surface area contributed by atoms with Gasteiger partial charge in [-0.15, -0.1) is 0 Å². The predicted octanol–water partition coefficient (Wildman–Crippen LogP) is 2.24. The third-order valence-corrected chi connectivity index (χ3v) is 1.44. The van der Waals surface area contributed by atoms with Crippen LogP contribution in [0.3, 0.4) is 0 Å². The average molecular weight is 231 g/mol. The summed E-state index contributed by atoms with van der Waals surface area (Å²) in [5, 5.41) is 2.04. The predicted molar refractivity (Wildman–Crippen MR) is 52.9 cm³/mol. The van der Waals surface area contributed by atoms with Crippen LogP contribution in [0.1, 0.15) is 0 Å². The molecule has 0 aromatic heterocycles. The van der Waals surface area contributed by atoms with E-state index in [-0.39, 0.29) is 11.3 Å². The molecule has 0 spiro atoms. The van der Waals surface area contributed by atoms with Gasteiger partial charge in [-0.05, 0) is 23.7 Å². The van der Waals surface area contributed by atoms with Crippen molar-refractivity contribution in [3.05, 3.63) is 41.4 Å². The topological polar surface area (TPSA) is 17.1 Å². The van der Waals surface area contributed by atoms with Gasteiger partial charge in [-0.1, -0.05) is 34.1 Å². The van der Waals surface area contributed by atoms with E-state index in [0.717, 1.165) is 4.47 Å². The molecule has 0 N–H and O–H groups in total. The Morgan fingerprint density at radius 3 is 2.00 bits per heavy atom. The highest BCUT2D eigenvalue weighted by Crippen LogP contribution is 2.05. The summed E-state index contributed by atoms with van der Waals surface area (Å²) in [5.74, 6) is 0. The van der Waals surface area contributed by atoms with Gasteiger partial charge in [-0.3, -0.25) is 0 Å². The Labute approximate surface area is 78.0 Å². The van der Waals surface area contributed by atoms with Crippen molar-refractivity contribution in [3.63, 3.8) is 0 Å². The minimum Gasteiger partial charge on any atom is -0.203 e. The summed E-state index contributed by atoms with van der Waals surface area (Å²) in [4.78, 5) is 0. The van der Waals surface area contributed by atoms with Gasteiger partial charge in [0.2, 0.25) is 0 Å². The zero-order valence-electron chi connectivity index (χ0n) is 5.79. The number of halogens is 1. The second-order valence-corrected chi connectivity index (χ2v) is 2.89. The molecule has 0 atom stereocenters. The Balaban J connectivity index is 0.000000218. The lowest BCUT2D eigenvalue weighted by atomic mass is 10.4. The lowest BCUT2D eigenvalue weighted by molar-refractivity contribution is 0.701. The highest BCUT2D eigenvalue weighted by Gasteiger charge is 1.74. The number of hydrogen-bond acceptors (Lipinski definition) is 1. The summed E-state index contributed by atoms with van der Waals surface area (Å²) in [5.41, 5.74) is 0. The average Bonchev–Trinajstić information content (AvgIpc) is 2.07. The molecule has 0 heterocycles. The molecule has 11 heavy (non-hydrogen) atoms. The highest BCUT2D eigenvalue weighted by atomic mass is 79.9. The molecule has 0 radical (unpaired) electrons. The fraction of sp³-hybridized carbons (Fsp3) is 0. The maximum Gasteiger partial charge on any atom is 0.141 e. The fourth-order valence-corrected chi connectivity index (χ4v) is 0.720. The maximum absolute atomic E-state index is 9.04. The molecule has 0 saturated heterocycles. The monoisotopic (exact) mass is 230 g/mol. The van der Waals surface area contributed by atoms with Crippen molar-refractivity contribution in [3.8, 4) is 0 Å². The lowest BCUT2D eigenvalue weighted by Crippen LogP contribution is -1.55. The molecular weight excluding hydrogens is 224 g/mol. The summed E-state index contributed by atoms with van der Waals surface area (Å²) >= 11 is 3.56. The Morgan fingerprint density at radius 2 is 1.82 bits per heavy atom. The van der Waals surface area contributed by atoms with E-state index in [1.54, 1.807) is 0 Å². The number of hydrogen-bond donors (Lipinski definition) is 0. The van der Waals surface area contributed by atoms with Gasteiger partial charge in [0.1, 0.15) is 11.3 Å². The van der Waals surface area contributed by atoms with E-state index < -0.39 is 0 Å². The van der Waals surface area contributed by atoms with Gasteiger partial charge in [0.25, 0.3) is 0 Å². The van der Waals surface area contributed by atoms with Gasteiger partial charge in [0.05, 0.1) is 0 Å². The first-order valence-corrected chi connectivity index (χ1v) is 4.36. The summed E-state index contributed by atoms with van der Waals surface area (Å²) in [6, 6.07) is 9.97. The van der Waals surface area contributed by atoms with Gasteiger partial charge < -0.3 is 0 Å². The summed E-state index contributed by atoms with van der Waals surface area (Å²) < 4.78 is 10.2.